The van der Waals surface area contributed by atoms with Gasteiger partial charge in [-0.1, -0.05) is 12.1 Å². The first-order valence-corrected chi connectivity index (χ1v) is 14.1. The van der Waals surface area contributed by atoms with E-state index in [1.165, 1.54) is 10.4 Å². The Bertz CT molecular complexity index is 1270. The number of nitrogens with zero attached hydrogens (tertiary/aromatic N) is 3. The molecule has 1 aliphatic rings. The molecule has 0 aliphatic carbocycles. The molecule has 184 valence electrons. The fourth-order valence-corrected chi connectivity index (χ4v) is 6.06. The lowest BCUT2D eigenvalue weighted by Gasteiger charge is -2.36. The highest BCUT2D eigenvalue weighted by Gasteiger charge is 2.26. The minimum absolute atomic E-state index is 0.122. The summed E-state index contributed by atoms with van der Waals surface area (Å²) in [6.07, 6.45) is 1.94. The zero-order valence-corrected chi connectivity index (χ0v) is 21.4. The zero-order valence-electron chi connectivity index (χ0n) is 19.7. The molecule has 4 rings (SSSR count). The van der Waals surface area contributed by atoms with Gasteiger partial charge in [0.1, 0.15) is 5.82 Å². The first kappa shape index (κ1) is 25.1. The number of para-hydroxylation sites is 1. The predicted molar refractivity (Wildman–Crippen MR) is 139 cm³/mol. The Morgan fingerprint density at radius 2 is 1.57 bits per heavy atom. The average Bonchev–Trinajstić information content (AvgIpc) is 2.89. The quantitative estimate of drug-likeness (QED) is 0.428. The monoisotopic (exact) mass is 513 g/mol. The third-order valence-corrected chi connectivity index (χ3v) is 8.76. The van der Waals surface area contributed by atoms with Crippen molar-refractivity contribution >= 4 is 39.1 Å². The second-order valence-corrected chi connectivity index (χ2v) is 10.9. The van der Waals surface area contributed by atoms with Crippen LogP contribution in [0.5, 0.6) is 0 Å². The molecular formula is C26H28FN3O3S2. The number of amides is 1. The van der Waals surface area contributed by atoms with Crippen molar-refractivity contribution < 1.29 is 17.6 Å². The van der Waals surface area contributed by atoms with Crippen LogP contribution in [0.4, 0.5) is 15.8 Å². The van der Waals surface area contributed by atoms with Gasteiger partial charge in [0.15, 0.2) is 0 Å². The first-order chi connectivity index (χ1) is 16.8. The molecule has 0 atom stereocenters. The molecule has 1 saturated heterocycles. The van der Waals surface area contributed by atoms with Crippen LogP contribution in [0.2, 0.25) is 0 Å². The zero-order chi connectivity index (χ0) is 25.0. The van der Waals surface area contributed by atoms with E-state index in [1.807, 2.05) is 11.2 Å². The lowest BCUT2D eigenvalue weighted by atomic mass is 10.1. The smallest absolute Gasteiger partial charge is 0.264 e. The predicted octanol–water partition coefficient (Wildman–Crippen LogP) is 4.73. The van der Waals surface area contributed by atoms with Crippen molar-refractivity contribution in [2.75, 3.05) is 48.2 Å². The summed E-state index contributed by atoms with van der Waals surface area (Å²) in [6, 6.07) is 20.1. The standard InChI is InChI=1S/C26H28FN3O3S2/c1-3-30(35(32,33)23-14-12-22(34-2)13-15-23)21-10-8-20(9-11-21)26(31)29-18-16-28(17-19-29)25-7-5-4-6-24(25)27/h4-15H,3,16-19H2,1-2H3. The maximum absolute atomic E-state index is 14.1. The van der Waals surface area contributed by atoms with Gasteiger partial charge in [-0.15, -0.1) is 11.8 Å². The second kappa shape index (κ2) is 10.7. The Morgan fingerprint density at radius 1 is 0.943 bits per heavy atom. The average molecular weight is 514 g/mol. The van der Waals surface area contributed by atoms with Crippen LogP contribution in [0.25, 0.3) is 0 Å². The highest BCUT2D eigenvalue weighted by molar-refractivity contribution is 7.98. The summed E-state index contributed by atoms with van der Waals surface area (Å²) in [5, 5.41) is 0. The number of rotatable bonds is 7. The fraction of sp³-hybridized carbons (Fsp3) is 0.269. The lowest BCUT2D eigenvalue weighted by molar-refractivity contribution is 0.0746. The number of carbonyl (C=O) groups is 1. The van der Waals surface area contributed by atoms with Crippen molar-refractivity contribution in [2.45, 2.75) is 16.7 Å². The van der Waals surface area contributed by atoms with Crippen molar-refractivity contribution in [1.82, 2.24) is 4.90 Å². The molecule has 35 heavy (non-hydrogen) atoms. The highest BCUT2D eigenvalue weighted by Crippen LogP contribution is 2.26. The second-order valence-electron chi connectivity index (χ2n) is 8.12. The number of benzene rings is 3. The minimum atomic E-state index is -3.73. The van der Waals surface area contributed by atoms with Gasteiger partial charge in [-0.2, -0.15) is 0 Å². The number of piperazine rings is 1. The minimum Gasteiger partial charge on any atom is -0.366 e. The Balaban J connectivity index is 1.45. The molecule has 3 aromatic carbocycles. The van der Waals surface area contributed by atoms with Crippen molar-refractivity contribution in [3.63, 3.8) is 0 Å². The van der Waals surface area contributed by atoms with Gasteiger partial charge in [0.2, 0.25) is 0 Å². The maximum Gasteiger partial charge on any atom is 0.264 e. The van der Waals surface area contributed by atoms with Crippen LogP contribution in [0.3, 0.4) is 0 Å². The summed E-state index contributed by atoms with van der Waals surface area (Å²) in [4.78, 5) is 17.9. The number of hydrogen-bond donors (Lipinski definition) is 0. The van der Waals surface area contributed by atoms with Crippen molar-refractivity contribution in [3.05, 3.63) is 84.2 Å². The van der Waals surface area contributed by atoms with Crippen molar-refractivity contribution in [3.8, 4) is 0 Å². The van der Waals surface area contributed by atoms with E-state index in [0.29, 0.717) is 43.1 Å². The van der Waals surface area contributed by atoms with Crippen LogP contribution < -0.4 is 9.21 Å². The molecule has 0 bridgehead atoms. The van der Waals surface area contributed by atoms with Gasteiger partial charge in [0.25, 0.3) is 15.9 Å². The van der Waals surface area contributed by atoms with E-state index in [-0.39, 0.29) is 23.2 Å². The Kier molecular flexibility index (Phi) is 7.66. The van der Waals surface area contributed by atoms with Crippen LogP contribution in [0.1, 0.15) is 17.3 Å². The summed E-state index contributed by atoms with van der Waals surface area (Å²) in [6.45, 7) is 4.09. The largest absolute Gasteiger partial charge is 0.366 e. The number of sulfonamides is 1. The van der Waals surface area contributed by atoms with E-state index in [4.69, 9.17) is 0 Å². The molecule has 6 nitrogen and oxygen atoms in total. The van der Waals surface area contributed by atoms with Gasteiger partial charge in [0.05, 0.1) is 16.3 Å². The maximum atomic E-state index is 14.1. The molecule has 1 amide bonds. The van der Waals surface area contributed by atoms with Crippen LogP contribution >= 0.6 is 11.8 Å². The number of hydrogen-bond acceptors (Lipinski definition) is 5. The Hall–Kier alpha value is -3.04. The normalized spacial score (nSPS) is 14.1. The van der Waals surface area contributed by atoms with E-state index in [2.05, 4.69) is 0 Å². The first-order valence-electron chi connectivity index (χ1n) is 11.4. The van der Waals surface area contributed by atoms with Crippen molar-refractivity contribution in [2.24, 2.45) is 0 Å². The Morgan fingerprint density at radius 3 is 2.14 bits per heavy atom. The molecule has 0 radical (unpaired) electrons. The van der Waals surface area contributed by atoms with E-state index in [0.717, 1.165) is 4.90 Å². The van der Waals surface area contributed by atoms with Gasteiger partial charge in [0, 0.05) is 43.2 Å². The molecule has 0 N–H and O–H groups in total. The van der Waals surface area contributed by atoms with Crippen LogP contribution in [-0.4, -0.2) is 58.2 Å². The molecular weight excluding hydrogens is 485 g/mol. The molecule has 0 spiro atoms. The van der Waals surface area contributed by atoms with Crippen LogP contribution in [0.15, 0.2) is 82.6 Å². The third-order valence-electron chi connectivity index (χ3n) is 6.10. The molecule has 0 unspecified atom stereocenters. The molecule has 3 aromatic rings. The summed E-state index contributed by atoms with van der Waals surface area (Å²) in [5.74, 6) is -0.387. The number of halogens is 1. The van der Waals surface area contributed by atoms with Gasteiger partial charge < -0.3 is 9.80 Å². The summed E-state index contributed by atoms with van der Waals surface area (Å²) in [5.41, 5.74) is 1.54. The van der Waals surface area contributed by atoms with E-state index >= 15 is 0 Å². The van der Waals surface area contributed by atoms with E-state index in [1.54, 1.807) is 90.3 Å². The van der Waals surface area contributed by atoms with Gasteiger partial charge >= 0.3 is 0 Å². The number of carbonyl (C=O) groups excluding carboxylic acids is 1. The van der Waals surface area contributed by atoms with Crippen LogP contribution in [0, 0.1) is 5.82 Å². The van der Waals surface area contributed by atoms with E-state index < -0.39 is 10.0 Å². The fourth-order valence-electron chi connectivity index (χ4n) is 4.18. The number of thioether (sulfide) groups is 1. The van der Waals surface area contributed by atoms with Gasteiger partial charge in [-0.25, -0.2) is 12.8 Å². The molecule has 0 aromatic heterocycles. The molecule has 0 saturated carbocycles. The summed E-state index contributed by atoms with van der Waals surface area (Å²) in [7, 11) is -3.73. The lowest BCUT2D eigenvalue weighted by Crippen LogP contribution is -2.49. The SMILES string of the molecule is CCN(c1ccc(C(=O)N2CCN(c3ccccc3F)CC2)cc1)S(=O)(=O)c1ccc(SC)cc1. The summed E-state index contributed by atoms with van der Waals surface area (Å²) < 4.78 is 41.8. The summed E-state index contributed by atoms with van der Waals surface area (Å²) >= 11 is 1.55. The van der Waals surface area contributed by atoms with Crippen molar-refractivity contribution in [1.29, 1.82) is 0 Å². The van der Waals surface area contributed by atoms with E-state index in [9.17, 15) is 17.6 Å². The molecule has 1 aliphatic heterocycles. The van der Waals surface area contributed by atoms with Gasteiger partial charge in [-0.05, 0) is 73.8 Å². The molecule has 9 heteroatoms. The topological polar surface area (TPSA) is 60.9 Å². The van der Waals surface area contributed by atoms with Crippen LogP contribution in [-0.2, 0) is 10.0 Å². The number of anilines is 2. The Labute approximate surface area is 210 Å². The molecule has 1 heterocycles. The third kappa shape index (κ3) is 5.31. The van der Waals surface area contributed by atoms with Gasteiger partial charge in [-0.3, -0.25) is 9.10 Å². The highest BCUT2D eigenvalue weighted by atomic mass is 32.2. The molecule has 1 fully saturated rings.